The Morgan fingerprint density at radius 1 is 0.850 bits per heavy atom. The summed E-state index contributed by atoms with van der Waals surface area (Å²) in [6, 6.07) is -1.85. The first kappa shape index (κ1) is 21.2. The molecular formula is C10H18N2O6S2. The molecule has 0 aromatic heterocycles. The Kier molecular flexibility index (Phi) is 12.4. The molecule has 0 bridgehead atoms. The lowest BCUT2D eigenvalue weighted by atomic mass is 10.3. The van der Waals surface area contributed by atoms with Gasteiger partial charge in [-0.3, -0.25) is 19.2 Å². The molecule has 116 valence electrons. The van der Waals surface area contributed by atoms with Crippen molar-refractivity contribution in [2.75, 3.05) is 11.5 Å². The lowest BCUT2D eigenvalue weighted by Crippen LogP contribution is -2.33. The predicted octanol–water partition coefficient (Wildman–Crippen LogP) is -0.644. The second kappa shape index (κ2) is 11.7. The number of Topliss-reactive ketones (excluding diaryl/α,β-unsaturated/α-hetero) is 2. The maximum atomic E-state index is 10.3. The number of carboxylic acids is 2. The van der Waals surface area contributed by atoms with E-state index >= 15 is 0 Å². The summed E-state index contributed by atoms with van der Waals surface area (Å²) in [7, 11) is 2.41. The molecular weight excluding hydrogens is 308 g/mol. The Balaban J connectivity index is 0. The third kappa shape index (κ3) is 13.3. The number of carboxylic acid groups (broad SMARTS) is 2. The summed E-state index contributed by atoms with van der Waals surface area (Å²) in [6.45, 7) is 2.50. The van der Waals surface area contributed by atoms with Crippen LogP contribution in [0.15, 0.2) is 0 Å². The van der Waals surface area contributed by atoms with Gasteiger partial charge >= 0.3 is 11.9 Å². The van der Waals surface area contributed by atoms with Crippen molar-refractivity contribution in [3.8, 4) is 0 Å². The normalized spacial score (nSPS) is 12.6. The number of rotatable bonds is 8. The first-order valence-electron chi connectivity index (χ1n) is 5.32. The highest BCUT2D eigenvalue weighted by Crippen LogP contribution is 2.22. The maximum absolute atomic E-state index is 10.3. The lowest BCUT2D eigenvalue weighted by molar-refractivity contribution is -0.138. The quantitative estimate of drug-likeness (QED) is 0.256. The number of ketones is 2. The van der Waals surface area contributed by atoms with Crippen LogP contribution in [0.4, 0.5) is 0 Å². The van der Waals surface area contributed by atoms with E-state index in [1.54, 1.807) is 0 Å². The lowest BCUT2D eigenvalue weighted by Gasteiger charge is -2.07. The SMILES string of the molecule is CC(=O)C(C)=O.N[C@@H](CSSC[C@H](N)C(=O)O)C(=O)O. The van der Waals surface area contributed by atoms with E-state index in [0.717, 1.165) is 0 Å². The molecule has 0 aliphatic carbocycles. The van der Waals surface area contributed by atoms with Crippen molar-refractivity contribution < 1.29 is 29.4 Å². The van der Waals surface area contributed by atoms with E-state index in [0.29, 0.717) is 0 Å². The van der Waals surface area contributed by atoms with Crippen LogP contribution in [0, 0.1) is 0 Å². The van der Waals surface area contributed by atoms with Crippen LogP contribution < -0.4 is 11.5 Å². The molecule has 0 aliphatic rings. The first-order valence-corrected chi connectivity index (χ1v) is 7.81. The van der Waals surface area contributed by atoms with Crippen LogP contribution in [0.5, 0.6) is 0 Å². The zero-order valence-electron chi connectivity index (χ0n) is 11.1. The third-order valence-corrected chi connectivity index (χ3v) is 4.18. The first-order chi connectivity index (χ1) is 9.09. The third-order valence-electron chi connectivity index (χ3n) is 1.71. The van der Waals surface area contributed by atoms with Crippen molar-refractivity contribution in [2.45, 2.75) is 25.9 Å². The molecule has 6 N–H and O–H groups in total. The second-order valence-corrected chi connectivity index (χ2v) is 6.12. The molecule has 0 amide bonds. The van der Waals surface area contributed by atoms with Gasteiger partial charge in [-0.2, -0.15) is 0 Å². The summed E-state index contributed by atoms with van der Waals surface area (Å²) < 4.78 is 0. The zero-order chi connectivity index (χ0) is 16.3. The predicted molar refractivity (Wildman–Crippen MR) is 77.5 cm³/mol. The number of carbonyl (C=O) groups excluding carboxylic acids is 2. The molecule has 0 saturated heterocycles. The van der Waals surface area contributed by atoms with Gasteiger partial charge < -0.3 is 21.7 Å². The van der Waals surface area contributed by atoms with Crippen LogP contribution in [0.1, 0.15) is 13.8 Å². The summed E-state index contributed by atoms with van der Waals surface area (Å²) in [5, 5.41) is 16.8. The highest BCUT2D eigenvalue weighted by molar-refractivity contribution is 8.76. The van der Waals surface area contributed by atoms with E-state index in [2.05, 4.69) is 0 Å². The largest absolute Gasteiger partial charge is 0.480 e. The van der Waals surface area contributed by atoms with Gasteiger partial charge in [0.1, 0.15) is 12.1 Å². The Bertz CT molecular complexity index is 330. The topological polar surface area (TPSA) is 161 Å². The summed E-state index contributed by atoms with van der Waals surface area (Å²) in [5.41, 5.74) is 10.4. The van der Waals surface area contributed by atoms with E-state index in [4.69, 9.17) is 21.7 Å². The van der Waals surface area contributed by atoms with Crippen molar-refractivity contribution >= 4 is 45.1 Å². The molecule has 0 heterocycles. The summed E-state index contributed by atoms with van der Waals surface area (Å²) in [4.78, 5) is 40.1. The standard InChI is InChI=1S/C6H12N2O4S2.C4H6O2/c7-3(5(9)10)1-13-14-2-4(8)6(11)12;1-3(5)4(2)6/h3-4H,1-2,7-8H2,(H,9,10)(H,11,12);1-2H3/t3-,4-;/m0./s1. The van der Waals surface area contributed by atoms with Crippen molar-refractivity contribution in [3.63, 3.8) is 0 Å². The molecule has 2 atom stereocenters. The average Bonchev–Trinajstić information content (AvgIpc) is 2.34. The Labute approximate surface area is 124 Å². The van der Waals surface area contributed by atoms with Crippen molar-refractivity contribution in [3.05, 3.63) is 0 Å². The van der Waals surface area contributed by atoms with Crippen molar-refractivity contribution in [1.29, 1.82) is 0 Å². The van der Waals surface area contributed by atoms with E-state index in [-0.39, 0.29) is 23.1 Å². The molecule has 0 radical (unpaired) electrons. The van der Waals surface area contributed by atoms with E-state index in [9.17, 15) is 19.2 Å². The summed E-state index contributed by atoms with van der Waals surface area (Å²) in [6.07, 6.45) is 0. The van der Waals surface area contributed by atoms with Crippen LogP contribution in [0.2, 0.25) is 0 Å². The van der Waals surface area contributed by atoms with Gasteiger partial charge in [-0.25, -0.2) is 0 Å². The minimum atomic E-state index is -1.07. The van der Waals surface area contributed by atoms with Crippen LogP contribution in [-0.2, 0) is 19.2 Å². The number of aliphatic carboxylic acids is 2. The Morgan fingerprint density at radius 2 is 1.10 bits per heavy atom. The van der Waals surface area contributed by atoms with Crippen molar-refractivity contribution in [1.82, 2.24) is 0 Å². The monoisotopic (exact) mass is 326 g/mol. The molecule has 0 spiro atoms. The highest BCUT2D eigenvalue weighted by atomic mass is 33.1. The number of hydrogen-bond acceptors (Lipinski definition) is 8. The highest BCUT2D eigenvalue weighted by Gasteiger charge is 2.14. The molecule has 20 heavy (non-hydrogen) atoms. The minimum absolute atomic E-state index is 0.229. The summed E-state index contributed by atoms with van der Waals surface area (Å²) in [5.74, 6) is -2.44. The van der Waals surface area contributed by atoms with Crippen molar-refractivity contribution in [2.24, 2.45) is 11.5 Å². The van der Waals surface area contributed by atoms with E-state index < -0.39 is 24.0 Å². The molecule has 0 aromatic rings. The molecule has 0 rings (SSSR count). The summed E-state index contributed by atoms with van der Waals surface area (Å²) >= 11 is 0. The number of carbonyl (C=O) groups is 4. The molecule has 0 fully saturated rings. The number of hydrogen-bond donors (Lipinski definition) is 4. The molecule has 0 aromatic carbocycles. The maximum Gasteiger partial charge on any atom is 0.321 e. The van der Waals surface area contributed by atoms with Gasteiger partial charge in [0.25, 0.3) is 0 Å². The van der Waals surface area contributed by atoms with Gasteiger partial charge in [-0.05, 0) is 0 Å². The van der Waals surface area contributed by atoms with Crippen LogP contribution in [0.25, 0.3) is 0 Å². The fourth-order valence-corrected chi connectivity index (χ4v) is 2.61. The minimum Gasteiger partial charge on any atom is -0.480 e. The second-order valence-electron chi connectivity index (χ2n) is 3.57. The van der Waals surface area contributed by atoms with Gasteiger partial charge in [0.05, 0.1) is 0 Å². The fraction of sp³-hybridized carbons (Fsp3) is 0.600. The van der Waals surface area contributed by atoms with Gasteiger partial charge in [0, 0.05) is 25.4 Å². The Morgan fingerprint density at radius 3 is 1.25 bits per heavy atom. The molecule has 0 saturated carbocycles. The fourth-order valence-electron chi connectivity index (χ4n) is 0.385. The van der Waals surface area contributed by atoms with Gasteiger partial charge in [-0.1, -0.05) is 21.6 Å². The van der Waals surface area contributed by atoms with E-state index in [1.807, 2.05) is 0 Å². The van der Waals surface area contributed by atoms with Crippen LogP contribution in [0.3, 0.4) is 0 Å². The average molecular weight is 326 g/mol. The van der Waals surface area contributed by atoms with Gasteiger partial charge in [0.15, 0.2) is 11.6 Å². The molecule has 0 unspecified atom stereocenters. The van der Waals surface area contributed by atoms with Crippen LogP contribution >= 0.6 is 21.6 Å². The van der Waals surface area contributed by atoms with Crippen LogP contribution in [-0.4, -0.2) is 57.3 Å². The molecule has 10 heteroatoms. The Hall–Kier alpha value is -1.10. The van der Waals surface area contributed by atoms with E-state index in [1.165, 1.54) is 35.4 Å². The van der Waals surface area contributed by atoms with Gasteiger partial charge in [0.2, 0.25) is 0 Å². The smallest absolute Gasteiger partial charge is 0.321 e. The molecule has 8 nitrogen and oxygen atoms in total. The molecule has 0 aliphatic heterocycles. The zero-order valence-corrected chi connectivity index (χ0v) is 12.7. The number of nitrogens with two attached hydrogens (primary N) is 2. The van der Waals surface area contributed by atoms with Gasteiger partial charge in [-0.15, -0.1) is 0 Å².